The van der Waals surface area contributed by atoms with Crippen molar-refractivity contribution in [2.75, 3.05) is 21.4 Å². The van der Waals surface area contributed by atoms with Crippen molar-refractivity contribution < 1.29 is 50.2 Å². The number of rotatable bonds is 9. The number of amidine groups is 1. The summed E-state index contributed by atoms with van der Waals surface area (Å²) in [4.78, 5) is 42.2. The van der Waals surface area contributed by atoms with Crippen molar-refractivity contribution in [1.29, 1.82) is 0 Å². The number of benzene rings is 3. The number of hydrazine groups is 1. The summed E-state index contributed by atoms with van der Waals surface area (Å²) in [6, 6.07) is 12.7. The van der Waals surface area contributed by atoms with Crippen LogP contribution in [0, 0.1) is 0 Å². The van der Waals surface area contributed by atoms with Crippen LogP contribution in [0.15, 0.2) is 71.7 Å². The zero-order valence-corrected chi connectivity index (χ0v) is 23.3. The van der Waals surface area contributed by atoms with Gasteiger partial charge in [-0.2, -0.15) is 9.38 Å². The van der Waals surface area contributed by atoms with E-state index in [1.54, 1.807) is 0 Å². The summed E-state index contributed by atoms with van der Waals surface area (Å²) >= 11 is 6.85. The van der Waals surface area contributed by atoms with Gasteiger partial charge in [-0.15, -0.1) is 13.2 Å². The number of amides is 4. The zero-order chi connectivity index (χ0) is 32.0. The quantitative estimate of drug-likeness (QED) is 0.174. The van der Waals surface area contributed by atoms with Crippen molar-refractivity contribution in [1.82, 2.24) is 5.43 Å². The van der Waals surface area contributed by atoms with Gasteiger partial charge in [-0.25, -0.2) is 13.6 Å². The predicted octanol–water partition coefficient (Wildman–Crippen LogP) is 6.60. The third-order valence-electron chi connectivity index (χ3n) is 5.37. The minimum atomic E-state index is -4.86. The molecule has 1 saturated heterocycles. The number of anilines is 3. The Hall–Kier alpha value is -4.64. The highest BCUT2D eigenvalue weighted by Gasteiger charge is 2.34. The number of carbonyl (C=O) groups excluding carboxylic acids is 3. The van der Waals surface area contributed by atoms with Crippen molar-refractivity contribution >= 4 is 63.4 Å². The lowest BCUT2D eigenvalue weighted by Gasteiger charge is -2.21. The van der Waals surface area contributed by atoms with Gasteiger partial charge >= 0.3 is 18.8 Å². The number of halogens is 7. The standard InChI is InChI=1S/C26H18ClF6N5O5S/c27-14-3-10-19(42-22(30)21(28)29)18(11-14)38-20(39)12-44-25(38)35-24(41)34-15-4-6-16(7-5-15)36-37-23(40)13-1-8-17(9-2-13)43-26(31,32)33/h1-11,21-22,36H,12H2,(H,34,41)(H,37,40)/b35-25-. The number of hydrogen-bond acceptors (Lipinski definition) is 7. The summed E-state index contributed by atoms with van der Waals surface area (Å²) < 4.78 is 84.3. The molecule has 0 bridgehead atoms. The Morgan fingerprint density at radius 3 is 2.27 bits per heavy atom. The van der Waals surface area contributed by atoms with Crippen LogP contribution in [0.5, 0.6) is 11.5 Å². The molecule has 0 saturated carbocycles. The topological polar surface area (TPSA) is 121 Å². The van der Waals surface area contributed by atoms with E-state index < -0.39 is 48.5 Å². The smallest absolute Gasteiger partial charge is 0.452 e. The molecule has 3 aromatic carbocycles. The summed E-state index contributed by atoms with van der Waals surface area (Å²) in [7, 11) is 0. The number of ether oxygens (including phenoxy) is 2. The second kappa shape index (κ2) is 13.8. The van der Waals surface area contributed by atoms with Crippen LogP contribution in [-0.2, 0) is 4.79 Å². The molecule has 1 fully saturated rings. The van der Waals surface area contributed by atoms with Gasteiger partial charge in [0.2, 0.25) is 5.91 Å². The highest BCUT2D eigenvalue weighted by Crippen LogP contribution is 2.37. The molecule has 10 nitrogen and oxygen atoms in total. The molecule has 4 amide bonds. The maximum atomic E-state index is 13.6. The molecular formula is C26H18ClF6N5O5S. The number of hydrogen-bond donors (Lipinski definition) is 3. The number of thioether (sulfide) groups is 1. The first kappa shape index (κ1) is 32.3. The molecule has 4 rings (SSSR count). The van der Waals surface area contributed by atoms with Gasteiger partial charge in [0.15, 0.2) is 5.17 Å². The molecule has 0 aliphatic carbocycles. The molecule has 1 heterocycles. The molecule has 3 N–H and O–H groups in total. The number of urea groups is 1. The van der Waals surface area contributed by atoms with E-state index >= 15 is 0 Å². The molecule has 44 heavy (non-hydrogen) atoms. The molecule has 18 heteroatoms. The monoisotopic (exact) mass is 661 g/mol. The Morgan fingerprint density at radius 2 is 1.64 bits per heavy atom. The molecule has 1 atom stereocenters. The van der Waals surface area contributed by atoms with Gasteiger partial charge in [0.1, 0.15) is 11.5 Å². The van der Waals surface area contributed by atoms with E-state index in [1.165, 1.54) is 36.4 Å². The van der Waals surface area contributed by atoms with Crippen LogP contribution in [-0.4, -0.2) is 47.9 Å². The molecule has 0 aromatic heterocycles. The van der Waals surface area contributed by atoms with Crippen molar-refractivity contribution in [3.05, 3.63) is 77.3 Å². The van der Waals surface area contributed by atoms with E-state index in [0.717, 1.165) is 47.0 Å². The SMILES string of the molecule is O=C(/N=C1\SCC(=O)N1c1cc(Cl)ccc1OC(F)C(F)F)Nc1ccc(NNC(=O)c2ccc(OC(F)(F)F)cc2)cc1. The van der Waals surface area contributed by atoms with Crippen molar-refractivity contribution in [2.24, 2.45) is 4.99 Å². The summed E-state index contributed by atoms with van der Waals surface area (Å²) in [6.45, 7) is 0. The Bertz CT molecular complexity index is 1560. The van der Waals surface area contributed by atoms with Gasteiger partial charge in [0.05, 0.1) is 17.1 Å². The summed E-state index contributed by atoms with van der Waals surface area (Å²) in [5.74, 6) is -2.32. The Morgan fingerprint density at radius 1 is 0.977 bits per heavy atom. The molecule has 1 aliphatic rings. The first-order chi connectivity index (χ1) is 20.8. The van der Waals surface area contributed by atoms with Gasteiger partial charge in [0, 0.05) is 16.3 Å². The second-order valence-corrected chi connectivity index (χ2v) is 9.87. The highest BCUT2D eigenvalue weighted by molar-refractivity contribution is 8.15. The van der Waals surface area contributed by atoms with Gasteiger partial charge in [-0.1, -0.05) is 23.4 Å². The molecule has 1 aliphatic heterocycles. The van der Waals surface area contributed by atoms with E-state index in [4.69, 9.17) is 11.6 Å². The fraction of sp³-hybridized carbons (Fsp3) is 0.154. The van der Waals surface area contributed by atoms with E-state index in [9.17, 15) is 40.7 Å². The minimum Gasteiger partial charge on any atom is -0.452 e. The molecule has 0 spiro atoms. The number of nitrogens with zero attached hydrogens (tertiary/aromatic N) is 2. The number of carbonyl (C=O) groups is 3. The van der Waals surface area contributed by atoms with Crippen molar-refractivity contribution in [3.63, 3.8) is 0 Å². The van der Waals surface area contributed by atoms with Gasteiger partial charge in [-0.3, -0.25) is 25.3 Å². The maximum Gasteiger partial charge on any atom is 0.573 e. The molecule has 0 radical (unpaired) electrons. The molecule has 232 valence electrons. The highest BCUT2D eigenvalue weighted by atomic mass is 35.5. The van der Waals surface area contributed by atoms with Crippen LogP contribution >= 0.6 is 23.4 Å². The van der Waals surface area contributed by atoms with E-state index in [1.807, 2.05) is 0 Å². The first-order valence-corrected chi connectivity index (χ1v) is 13.4. The number of aliphatic imine (C=N–C) groups is 1. The molecule has 1 unspecified atom stereocenters. The molecular weight excluding hydrogens is 644 g/mol. The number of nitrogens with one attached hydrogen (secondary N) is 3. The van der Waals surface area contributed by atoms with Gasteiger partial charge in [-0.05, 0) is 66.7 Å². The number of alkyl halides is 6. The van der Waals surface area contributed by atoms with Crippen LogP contribution in [0.3, 0.4) is 0 Å². The van der Waals surface area contributed by atoms with Crippen LogP contribution in [0.4, 0.5) is 48.2 Å². The van der Waals surface area contributed by atoms with Crippen molar-refractivity contribution in [2.45, 2.75) is 19.1 Å². The summed E-state index contributed by atoms with van der Waals surface area (Å²) in [5, 5.41) is 2.40. The third-order valence-corrected chi connectivity index (χ3v) is 6.53. The largest absolute Gasteiger partial charge is 0.573 e. The van der Waals surface area contributed by atoms with Crippen LogP contribution in [0.2, 0.25) is 5.02 Å². The minimum absolute atomic E-state index is 0.0438. The van der Waals surface area contributed by atoms with Gasteiger partial charge in [0.25, 0.3) is 12.3 Å². The fourth-order valence-electron chi connectivity index (χ4n) is 3.50. The molecule has 3 aromatic rings. The van der Waals surface area contributed by atoms with E-state index in [-0.39, 0.29) is 32.9 Å². The van der Waals surface area contributed by atoms with Gasteiger partial charge < -0.3 is 14.8 Å². The average Bonchev–Trinajstić information content (AvgIpc) is 3.31. The Kier molecular flexibility index (Phi) is 10.1. The predicted molar refractivity (Wildman–Crippen MR) is 150 cm³/mol. The summed E-state index contributed by atoms with van der Waals surface area (Å²) in [5.41, 5.74) is 5.43. The normalized spacial score (nSPS) is 14.9. The van der Waals surface area contributed by atoms with Crippen LogP contribution < -0.4 is 30.5 Å². The van der Waals surface area contributed by atoms with E-state index in [2.05, 4.69) is 30.6 Å². The first-order valence-electron chi connectivity index (χ1n) is 12.0. The van der Waals surface area contributed by atoms with Crippen LogP contribution in [0.25, 0.3) is 0 Å². The Labute approximate surface area is 253 Å². The lowest BCUT2D eigenvalue weighted by atomic mass is 10.2. The maximum absolute atomic E-state index is 13.6. The second-order valence-electron chi connectivity index (χ2n) is 8.49. The lowest BCUT2D eigenvalue weighted by molar-refractivity contribution is -0.274. The van der Waals surface area contributed by atoms with E-state index in [0.29, 0.717) is 5.69 Å². The third kappa shape index (κ3) is 8.70. The van der Waals surface area contributed by atoms with Crippen LogP contribution in [0.1, 0.15) is 10.4 Å². The zero-order valence-electron chi connectivity index (χ0n) is 21.7. The lowest BCUT2D eigenvalue weighted by Crippen LogP contribution is -2.31. The average molecular weight is 662 g/mol. The fourth-order valence-corrected chi connectivity index (χ4v) is 4.53. The van der Waals surface area contributed by atoms with Crippen molar-refractivity contribution in [3.8, 4) is 11.5 Å². The Balaban J connectivity index is 1.37. The summed E-state index contributed by atoms with van der Waals surface area (Å²) in [6.07, 6.45) is -11.3.